The van der Waals surface area contributed by atoms with Crippen LogP contribution in [0.4, 0.5) is 0 Å². The largest absolute Gasteiger partial charge is 0.296 e. The number of aromatic nitrogens is 2. The zero-order valence-electron chi connectivity index (χ0n) is 26.2. The third kappa shape index (κ3) is 4.53. The van der Waals surface area contributed by atoms with Gasteiger partial charge in [0.2, 0.25) is 0 Å². The highest BCUT2D eigenvalue weighted by Crippen LogP contribution is 2.44. The van der Waals surface area contributed by atoms with Gasteiger partial charge in [-0.1, -0.05) is 140 Å². The van der Waals surface area contributed by atoms with Crippen molar-refractivity contribution in [1.82, 2.24) is 9.55 Å². The second-order valence-electron chi connectivity index (χ2n) is 12.2. The molecular formula is C45H32N2. The molecule has 0 amide bonds. The fourth-order valence-corrected chi connectivity index (χ4v) is 7.33. The van der Waals surface area contributed by atoms with Crippen LogP contribution in [0.3, 0.4) is 0 Å². The Morgan fingerprint density at radius 3 is 1.55 bits per heavy atom. The highest BCUT2D eigenvalue weighted by molar-refractivity contribution is 6.21. The summed E-state index contributed by atoms with van der Waals surface area (Å²) in [6.45, 7) is 2.17. The van der Waals surface area contributed by atoms with Gasteiger partial charge in [-0.3, -0.25) is 4.57 Å². The van der Waals surface area contributed by atoms with E-state index < -0.39 is 0 Å². The van der Waals surface area contributed by atoms with Gasteiger partial charge in [0.25, 0.3) is 0 Å². The van der Waals surface area contributed by atoms with Crippen LogP contribution in [-0.4, -0.2) is 9.55 Å². The molecule has 0 radical (unpaired) electrons. The lowest BCUT2D eigenvalue weighted by atomic mass is 9.85. The summed E-state index contributed by atoms with van der Waals surface area (Å²) in [4.78, 5) is 4.91. The van der Waals surface area contributed by atoms with E-state index in [9.17, 15) is 0 Å². The van der Waals surface area contributed by atoms with Crippen molar-refractivity contribution >= 4 is 43.4 Å². The zero-order chi connectivity index (χ0) is 31.3. The molecule has 9 rings (SSSR count). The second-order valence-corrected chi connectivity index (χ2v) is 12.2. The number of aryl methyl sites for hydroxylation is 1. The Bertz CT molecular complexity index is 2530. The number of rotatable bonds is 5. The first-order valence-electron chi connectivity index (χ1n) is 16.4. The fourth-order valence-electron chi connectivity index (χ4n) is 7.33. The summed E-state index contributed by atoms with van der Waals surface area (Å²) in [5.74, 6) is 1.07. The maximum absolute atomic E-state index is 4.91. The van der Waals surface area contributed by atoms with Crippen LogP contribution in [0, 0.1) is 0 Å². The lowest BCUT2D eigenvalue weighted by molar-refractivity contribution is 0.908. The van der Waals surface area contributed by atoms with Crippen molar-refractivity contribution in [3.8, 4) is 39.1 Å². The molecule has 1 aromatic heterocycles. The molecule has 0 bridgehead atoms. The van der Waals surface area contributed by atoms with E-state index in [1.165, 1.54) is 65.7 Å². The molecule has 0 aliphatic carbocycles. The van der Waals surface area contributed by atoms with Crippen molar-refractivity contribution < 1.29 is 0 Å². The van der Waals surface area contributed by atoms with Gasteiger partial charge in [-0.05, 0) is 96.0 Å². The maximum atomic E-state index is 4.91. The monoisotopic (exact) mass is 600 g/mol. The van der Waals surface area contributed by atoms with Gasteiger partial charge in [-0.25, -0.2) is 4.98 Å². The predicted octanol–water partition coefficient (Wildman–Crippen LogP) is 12.0. The van der Waals surface area contributed by atoms with E-state index in [4.69, 9.17) is 4.98 Å². The van der Waals surface area contributed by atoms with Crippen LogP contribution in [0.15, 0.2) is 164 Å². The normalized spacial score (nSPS) is 11.6. The Labute approximate surface area is 274 Å². The van der Waals surface area contributed by atoms with Crippen LogP contribution >= 0.6 is 0 Å². The first-order chi connectivity index (χ1) is 23.3. The van der Waals surface area contributed by atoms with Gasteiger partial charge in [0, 0.05) is 12.1 Å². The molecule has 0 fully saturated rings. The molecule has 2 heteroatoms. The highest BCUT2D eigenvalue weighted by atomic mass is 15.1. The van der Waals surface area contributed by atoms with Crippen LogP contribution in [0.1, 0.15) is 12.7 Å². The van der Waals surface area contributed by atoms with Crippen molar-refractivity contribution in [2.45, 2.75) is 13.3 Å². The van der Waals surface area contributed by atoms with Crippen LogP contribution in [-0.2, 0) is 6.42 Å². The standard InChI is InChI=1S/C45H32N2/c1-2-43-46-41-17-9-10-18-42(41)47(43)36-27-25-33(26-28-36)45-39-15-7-5-13-37(39)44(38-14-6-8-16-40(38)45)32-22-19-31(20-23-32)35-24-21-30-11-3-4-12-34(30)29-35/h3-29H,2H2,1H3. The quantitative estimate of drug-likeness (QED) is 0.180. The molecule has 222 valence electrons. The summed E-state index contributed by atoms with van der Waals surface area (Å²) in [6, 6.07) is 59.5. The molecule has 1 heterocycles. The van der Waals surface area contributed by atoms with Crippen molar-refractivity contribution in [3.63, 3.8) is 0 Å². The molecule has 0 saturated heterocycles. The van der Waals surface area contributed by atoms with Gasteiger partial charge in [0.1, 0.15) is 5.82 Å². The summed E-state index contributed by atoms with van der Waals surface area (Å²) in [7, 11) is 0. The van der Waals surface area contributed by atoms with Crippen LogP contribution in [0.5, 0.6) is 0 Å². The number of hydrogen-bond donors (Lipinski definition) is 0. The third-order valence-corrected chi connectivity index (χ3v) is 9.55. The lowest BCUT2D eigenvalue weighted by Crippen LogP contribution is -2.00. The number of para-hydroxylation sites is 2. The van der Waals surface area contributed by atoms with Crippen LogP contribution in [0.25, 0.3) is 82.4 Å². The third-order valence-electron chi connectivity index (χ3n) is 9.55. The van der Waals surface area contributed by atoms with Gasteiger partial charge < -0.3 is 0 Å². The predicted molar refractivity (Wildman–Crippen MR) is 199 cm³/mol. The average Bonchev–Trinajstić information content (AvgIpc) is 3.53. The minimum atomic E-state index is 0.871. The molecule has 47 heavy (non-hydrogen) atoms. The fraction of sp³-hybridized carbons (Fsp3) is 0.0444. The molecule has 0 aliphatic heterocycles. The smallest absolute Gasteiger partial charge is 0.114 e. The van der Waals surface area contributed by atoms with Crippen molar-refractivity contribution in [1.29, 1.82) is 0 Å². The van der Waals surface area contributed by atoms with E-state index in [-0.39, 0.29) is 0 Å². The first-order valence-corrected chi connectivity index (χ1v) is 16.4. The number of benzene rings is 8. The molecule has 0 N–H and O–H groups in total. The summed E-state index contributed by atoms with van der Waals surface area (Å²) in [5, 5.41) is 7.57. The molecule has 0 aliphatic rings. The van der Waals surface area contributed by atoms with Gasteiger partial charge >= 0.3 is 0 Å². The lowest BCUT2D eigenvalue weighted by Gasteiger charge is -2.18. The summed E-state index contributed by atoms with van der Waals surface area (Å²) < 4.78 is 2.29. The number of nitrogens with zero attached hydrogens (tertiary/aromatic N) is 2. The summed E-state index contributed by atoms with van der Waals surface area (Å²) in [6.07, 6.45) is 0.871. The Morgan fingerprint density at radius 2 is 0.936 bits per heavy atom. The number of imidazole rings is 1. The molecule has 2 nitrogen and oxygen atoms in total. The molecule has 9 aromatic rings. The highest BCUT2D eigenvalue weighted by Gasteiger charge is 2.17. The van der Waals surface area contributed by atoms with Crippen molar-refractivity contribution in [3.05, 3.63) is 170 Å². The van der Waals surface area contributed by atoms with Gasteiger partial charge in [0.05, 0.1) is 11.0 Å². The van der Waals surface area contributed by atoms with E-state index in [0.717, 1.165) is 29.0 Å². The topological polar surface area (TPSA) is 17.8 Å². The van der Waals surface area contributed by atoms with Crippen LogP contribution in [0.2, 0.25) is 0 Å². The molecule has 0 saturated carbocycles. The van der Waals surface area contributed by atoms with Gasteiger partial charge in [-0.2, -0.15) is 0 Å². The van der Waals surface area contributed by atoms with Gasteiger partial charge in [-0.15, -0.1) is 0 Å². The first kappa shape index (κ1) is 27.3. The van der Waals surface area contributed by atoms with E-state index in [1.54, 1.807) is 0 Å². The van der Waals surface area contributed by atoms with Crippen molar-refractivity contribution in [2.24, 2.45) is 0 Å². The number of hydrogen-bond acceptors (Lipinski definition) is 1. The molecule has 8 aromatic carbocycles. The van der Waals surface area contributed by atoms with Gasteiger partial charge in [0.15, 0.2) is 0 Å². The summed E-state index contributed by atoms with van der Waals surface area (Å²) in [5.41, 5.74) is 10.8. The molecule has 0 unspecified atom stereocenters. The molecule has 0 atom stereocenters. The minimum absolute atomic E-state index is 0.871. The SMILES string of the molecule is CCc1nc2ccccc2n1-c1ccc(-c2c3ccccc3c(-c3ccc(-c4ccc5ccccc5c4)cc3)c3ccccc23)cc1. The Morgan fingerprint density at radius 1 is 0.447 bits per heavy atom. The second kappa shape index (κ2) is 11.1. The van der Waals surface area contributed by atoms with E-state index in [1.807, 2.05) is 0 Å². The van der Waals surface area contributed by atoms with Crippen molar-refractivity contribution in [2.75, 3.05) is 0 Å². The Kier molecular flexibility index (Phi) is 6.46. The zero-order valence-corrected chi connectivity index (χ0v) is 26.2. The van der Waals surface area contributed by atoms with E-state index in [2.05, 4.69) is 175 Å². The average molecular weight is 601 g/mol. The molecular weight excluding hydrogens is 569 g/mol. The summed E-state index contributed by atoms with van der Waals surface area (Å²) >= 11 is 0. The van der Waals surface area contributed by atoms with E-state index >= 15 is 0 Å². The maximum Gasteiger partial charge on any atom is 0.114 e. The Balaban J connectivity index is 1.18. The van der Waals surface area contributed by atoms with E-state index in [0.29, 0.717) is 0 Å². The Hall–Kier alpha value is -5.99. The minimum Gasteiger partial charge on any atom is -0.296 e. The number of fused-ring (bicyclic) bond motifs is 4. The molecule has 0 spiro atoms. The van der Waals surface area contributed by atoms with Crippen LogP contribution < -0.4 is 0 Å².